The van der Waals surface area contributed by atoms with Gasteiger partial charge in [-0.1, -0.05) is 18.2 Å². The number of fused-ring (bicyclic) bond motifs is 1. The molecule has 1 aromatic carbocycles. The van der Waals surface area contributed by atoms with E-state index in [1.165, 1.54) is 5.69 Å². The van der Waals surface area contributed by atoms with Crippen LogP contribution in [0.3, 0.4) is 0 Å². The average molecular weight is 378 g/mol. The Morgan fingerprint density at radius 3 is 2.68 bits per heavy atom. The lowest BCUT2D eigenvalue weighted by molar-refractivity contribution is 0.000855. The van der Waals surface area contributed by atoms with Crippen LogP contribution >= 0.6 is 0 Å². The summed E-state index contributed by atoms with van der Waals surface area (Å²) < 4.78 is 14.8. The summed E-state index contributed by atoms with van der Waals surface area (Å²) in [4.78, 5) is 15.0. The molecule has 3 heterocycles. The van der Waals surface area contributed by atoms with Crippen LogP contribution in [-0.2, 0) is 6.54 Å². The highest BCUT2D eigenvalue weighted by Gasteiger charge is 2.52. The number of pyridine rings is 1. The Morgan fingerprint density at radius 1 is 1.21 bits per heavy atom. The number of aromatic nitrogens is 2. The highest BCUT2D eigenvalue weighted by molar-refractivity contribution is 6.01. The van der Waals surface area contributed by atoms with Gasteiger partial charge >= 0.3 is 0 Å². The molecule has 1 saturated carbocycles. The zero-order valence-corrected chi connectivity index (χ0v) is 15.9. The van der Waals surface area contributed by atoms with Crippen molar-refractivity contribution in [2.75, 3.05) is 18.0 Å². The summed E-state index contributed by atoms with van der Waals surface area (Å²) in [5.41, 5.74) is 4.60. The van der Waals surface area contributed by atoms with E-state index in [0.717, 1.165) is 42.7 Å². The molecule has 5 rings (SSSR count). The van der Waals surface area contributed by atoms with Gasteiger partial charge in [0, 0.05) is 36.9 Å². The van der Waals surface area contributed by atoms with E-state index in [1.54, 1.807) is 4.52 Å². The lowest BCUT2D eigenvalue weighted by Gasteiger charge is -2.58. The lowest BCUT2D eigenvalue weighted by Crippen LogP contribution is -2.63. The number of carbonyl (C=O) groups excluding carboxylic acids is 1. The Kier molecular flexibility index (Phi) is 3.89. The molecule has 2 aromatic heterocycles. The van der Waals surface area contributed by atoms with Crippen molar-refractivity contribution in [3.8, 4) is 0 Å². The van der Waals surface area contributed by atoms with Crippen molar-refractivity contribution in [1.29, 1.82) is 0 Å². The Hall–Kier alpha value is -2.89. The molecular weight excluding hydrogens is 355 g/mol. The number of hydrogen-bond acceptors (Lipinski definition) is 3. The van der Waals surface area contributed by atoms with E-state index in [9.17, 15) is 9.18 Å². The Morgan fingerprint density at radius 2 is 1.96 bits per heavy atom. The Labute approximate surface area is 163 Å². The SMILES string of the molecule is Cc1nn2ccccc2c1C(=O)NCc1ccc(N2CC3(CC(F)C3)C2)cc1. The monoisotopic (exact) mass is 378 g/mol. The molecule has 0 atom stereocenters. The summed E-state index contributed by atoms with van der Waals surface area (Å²) in [5, 5.41) is 7.39. The minimum atomic E-state index is -0.593. The van der Waals surface area contributed by atoms with Crippen LogP contribution in [0.1, 0.15) is 34.5 Å². The van der Waals surface area contributed by atoms with Crippen molar-refractivity contribution in [3.05, 3.63) is 65.5 Å². The molecule has 144 valence electrons. The third-order valence-corrected chi connectivity index (χ3v) is 6.06. The van der Waals surface area contributed by atoms with Crippen molar-refractivity contribution >= 4 is 17.1 Å². The molecule has 1 aliphatic heterocycles. The van der Waals surface area contributed by atoms with E-state index in [4.69, 9.17) is 0 Å². The van der Waals surface area contributed by atoms with Gasteiger partial charge < -0.3 is 10.2 Å². The number of carbonyl (C=O) groups is 1. The number of nitrogens with zero attached hydrogens (tertiary/aromatic N) is 3. The van der Waals surface area contributed by atoms with Crippen LogP contribution in [0.25, 0.3) is 5.52 Å². The molecule has 28 heavy (non-hydrogen) atoms. The molecule has 1 aliphatic carbocycles. The van der Waals surface area contributed by atoms with Crippen molar-refractivity contribution < 1.29 is 9.18 Å². The highest BCUT2D eigenvalue weighted by Crippen LogP contribution is 2.50. The fourth-order valence-electron chi connectivity index (χ4n) is 4.58. The topological polar surface area (TPSA) is 49.6 Å². The maximum Gasteiger partial charge on any atom is 0.255 e. The number of hydrogen-bond donors (Lipinski definition) is 1. The smallest absolute Gasteiger partial charge is 0.255 e. The van der Waals surface area contributed by atoms with E-state index in [2.05, 4.69) is 27.4 Å². The number of aryl methyl sites for hydroxylation is 1. The molecule has 0 bridgehead atoms. The van der Waals surface area contributed by atoms with Crippen LogP contribution < -0.4 is 10.2 Å². The van der Waals surface area contributed by atoms with Crippen LogP contribution in [0.5, 0.6) is 0 Å². The maximum absolute atomic E-state index is 13.1. The third-order valence-electron chi connectivity index (χ3n) is 6.06. The molecule has 5 nitrogen and oxygen atoms in total. The second-order valence-corrected chi connectivity index (χ2v) is 8.20. The number of alkyl halides is 1. The second-order valence-electron chi connectivity index (χ2n) is 8.20. The van der Waals surface area contributed by atoms with Gasteiger partial charge in [0.25, 0.3) is 5.91 Å². The molecule has 0 radical (unpaired) electrons. The normalized spacial score (nSPS) is 18.1. The molecule has 2 fully saturated rings. The maximum atomic E-state index is 13.1. The quantitative estimate of drug-likeness (QED) is 0.756. The summed E-state index contributed by atoms with van der Waals surface area (Å²) in [6.07, 6.45) is 2.69. The van der Waals surface area contributed by atoms with Gasteiger partial charge in [-0.05, 0) is 49.6 Å². The molecule has 3 aromatic rings. The van der Waals surface area contributed by atoms with Crippen molar-refractivity contribution in [2.24, 2.45) is 5.41 Å². The predicted molar refractivity (Wildman–Crippen MR) is 106 cm³/mol. The number of anilines is 1. The molecule has 1 amide bonds. The number of nitrogens with one attached hydrogen (secondary N) is 1. The number of rotatable bonds is 4. The van der Waals surface area contributed by atoms with Crippen LogP contribution in [-0.4, -0.2) is 34.8 Å². The van der Waals surface area contributed by atoms with E-state index >= 15 is 0 Å². The van der Waals surface area contributed by atoms with E-state index in [-0.39, 0.29) is 11.3 Å². The summed E-state index contributed by atoms with van der Waals surface area (Å²) in [6.45, 7) is 4.23. The van der Waals surface area contributed by atoms with Gasteiger partial charge in [-0.25, -0.2) is 8.91 Å². The zero-order chi connectivity index (χ0) is 19.3. The molecule has 1 saturated heterocycles. The summed E-state index contributed by atoms with van der Waals surface area (Å²) in [7, 11) is 0. The summed E-state index contributed by atoms with van der Waals surface area (Å²) in [6, 6.07) is 14.0. The summed E-state index contributed by atoms with van der Waals surface area (Å²) >= 11 is 0. The van der Waals surface area contributed by atoms with Gasteiger partial charge in [-0.15, -0.1) is 0 Å². The first-order valence-corrected chi connectivity index (χ1v) is 9.73. The van der Waals surface area contributed by atoms with Crippen molar-refractivity contribution in [3.63, 3.8) is 0 Å². The first-order valence-electron chi connectivity index (χ1n) is 9.73. The first-order chi connectivity index (χ1) is 13.5. The minimum absolute atomic E-state index is 0.113. The molecular formula is C22H23FN4O. The Bertz CT molecular complexity index is 1030. The predicted octanol–water partition coefficient (Wildman–Crippen LogP) is 3.51. The largest absolute Gasteiger partial charge is 0.370 e. The average Bonchev–Trinajstić information content (AvgIpc) is 2.98. The zero-order valence-electron chi connectivity index (χ0n) is 15.9. The molecule has 6 heteroatoms. The van der Waals surface area contributed by atoms with Gasteiger partial charge in [-0.3, -0.25) is 4.79 Å². The van der Waals surface area contributed by atoms with Crippen molar-refractivity contribution in [2.45, 2.75) is 32.5 Å². The fourth-order valence-corrected chi connectivity index (χ4v) is 4.58. The van der Waals surface area contributed by atoms with Crippen molar-refractivity contribution in [1.82, 2.24) is 14.9 Å². The molecule has 2 aliphatic rings. The van der Waals surface area contributed by atoms with Gasteiger partial charge in [0.15, 0.2) is 0 Å². The van der Waals surface area contributed by atoms with Crippen LogP contribution in [0.4, 0.5) is 10.1 Å². The van der Waals surface area contributed by atoms with Gasteiger partial charge in [0.05, 0.1) is 16.8 Å². The van der Waals surface area contributed by atoms with E-state index < -0.39 is 6.17 Å². The molecule has 0 unspecified atom stereocenters. The first kappa shape index (κ1) is 17.2. The molecule has 1 N–H and O–H groups in total. The van der Waals surface area contributed by atoms with Gasteiger partial charge in [-0.2, -0.15) is 5.10 Å². The van der Waals surface area contributed by atoms with E-state index in [0.29, 0.717) is 12.1 Å². The lowest BCUT2D eigenvalue weighted by atomic mass is 9.62. The van der Waals surface area contributed by atoms with Gasteiger partial charge in [0.2, 0.25) is 0 Å². The number of benzene rings is 1. The van der Waals surface area contributed by atoms with Crippen LogP contribution in [0.2, 0.25) is 0 Å². The minimum Gasteiger partial charge on any atom is -0.370 e. The standard InChI is InChI=1S/C22H23FN4O/c1-15-20(19-4-2-3-9-27(19)25-15)21(28)24-12-16-5-7-18(8-6-16)26-13-22(14-26)10-17(23)11-22/h2-9,17H,10-14H2,1H3,(H,24,28). The van der Waals surface area contributed by atoms with Crippen LogP contribution in [0.15, 0.2) is 48.7 Å². The second kappa shape index (κ2) is 6.33. The Balaban J connectivity index is 1.21. The number of amides is 1. The number of halogens is 1. The fraction of sp³-hybridized carbons (Fsp3) is 0.364. The van der Waals surface area contributed by atoms with E-state index in [1.807, 2.05) is 43.5 Å². The van der Waals surface area contributed by atoms with Crippen LogP contribution in [0, 0.1) is 12.3 Å². The van der Waals surface area contributed by atoms with Gasteiger partial charge in [0.1, 0.15) is 6.17 Å². The third kappa shape index (κ3) is 2.84. The highest BCUT2D eigenvalue weighted by atomic mass is 19.1. The molecule has 1 spiro atoms. The summed E-state index contributed by atoms with van der Waals surface area (Å²) in [5.74, 6) is -0.113.